The van der Waals surface area contributed by atoms with E-state index in [2.05, 4.69) is 37.7 Å². The van der Waals surface area contributed by atoms with Gasteiger partial charge in [0.05, 0.1) is 0 Å². The van der Waals surface area contributed by atoms with E-state index in [0.29, 0.717) is 17.5 Å². The van der Waals surface area contributed by atoms with Crippen molar-refractivity contribution in [1.29, 1.82) is 0 Å². The highest BCUT2D eigenvalue weighted by atomic mass is 19.2. The zero-order valence-electron chi connectivity index (χ0n) is 15.0. The van der Waals surface area contributed by atoms with Crippen LogP contribution in [0.1, 0.15) is 22.5 Å². The van der Waals surface area contributed by atoms with Crippen molar-refractivity contribution in [3.05, 3.63) is 64.5 Å². The predicted octanol–water partition coefficient (Wildman–Crippen LogP) is 4.87. The first kappa shape index (κ1) is 17.7. The van der Waals surface area contributed by atoms with Crippen molar-refractivity contribution in [3.8, 4) is 0 Å². The van der Waals surface area contributed by atoms with Crippen LogP contribution in [-0.4, -0.2) is 15.0 Å². The summed E-state index contributed by atoms with van der Waals surface area (Å²) in [5, 5.41) is 6.09. The van der Waals surface area contributed by atoms with Crippen molar-refractivity contribution in [2.24, 2.45) is 0 Å². The van der Waals surface area contributed by atoms with Crippen LogP contribution in [0.25, 0.3) is 0 Å². The lowest BCUT2D eigenvalue weighted by Crippen LogP contribution is -2.07. The molecule has 2 N–H and O–H groups in total. The summed E-state index contributed by atoms with van der Waals surface area (Å²) in [6, 6.07) is 7.66. The van der Waals surface area contributed by atoms with Gasteiger partial charge in [0.2, 0.25) is 11.9 Å². The number of aromatic nitrogens is 3. The molecular weight excluding hydrogens is 336 g/mol. The second-order valence-corrected chi connectivity index (χ2v) is 6.18. The van der Waals surface area contributed by atoms with Gasteiger partial charge in [-0.2, -0.15) is 15.0 Å². The van der Waals surface area contributed by atoms with E-state index >= 15 is 0 Å². The number of hydrogen-bond donors (Lipinski definition) is 2. The topological polar surface area (TPSA) is 62.7 Å². The van der Waals surface area contributed by atoms with Gasteiger partial charge in [-0.15, -0.1) is 0 Å². The van der Waals surface area contributed by atoms with E-state index in [1.807, 2.05) is 20.8 Å². The molecule has 0 unspecified atom stereocenters. The van der Waals surface area contributed by atoms with Crippen molar-refractivity contribution in [2.75, 3.05) is 10.6 Å². The Balaban J connectivity index is 1.89. The first-order valence-corrected chi connectivity index (χ1v) is 8.11. The monoisotopic (exact) mass is 355 g/mol. The summed E-state index contributed by atoms with van der Waals surface area (Å²) in [6.45, 7) is 7.80. The van der Waals surface area contributed by atoms with Gasteiger partial charge in [0.1, 0.15) is 5.82 Å². The minimum Gasteiger partial charge on any atom is -0.324 e. The molecule has 0 saturated carbocycles. The largest absolute Gasteiger partial charge is 0.324 e. The maximum atomic E-state index is 13.4. The Morgan fingerprint density at radius 1 is 0.731 bits per heavy atom. The van der Waals surface area contributed by atoms with Crippen molar-refractivity contribution in [2.45, 2.75) is 27.7 Å². The van der Waals surface area contributed by atoms with Crippen LogP contribution in [0.4, 0.5) is 32.1 Å². The molecule has 1 aromatic heterocycles. The minimum absolute atomic E-state index is 0.244. The number of rotatable bonds is 4. The number of halogens is 2. The maximum Gasteiger partial charge on any atom is 0.232 e. The number of anilines is 4. The van der Waals surface area contributed by atoms with Crippen LogP contribution >= 0.6 is 0 Å². The number of nitrogens with zero attached hydrogens (tertiary/aromatic N) is 3. The molecule has 0 fully saturated rings. The summed E-state index contributed by atoms with van der Waals surface area (Å²) < 4.78 is 26.4. The molecule has 0 amide bonds. The van der Waals surface area contributed by atoms with E-state index < -0.39 is 11.6 Å². The molecule has 0 radical (unpaired) electrons. The molecule has 1 heterocycles. The number of hydrogen-bond acceptors (Lipinski definition) is 5. The summed E-state index contributed by atoms with van der Waals surface area (Å²) >= 11 is 0. The van der Waals surface area contributed by atoms with E-state index in [9.17, 15) is 8.78 Å². The van der Waals surface area contributed by atoms with Gasteiger partial charge in [0.25, 0.3) is 0 Å². The summed E-state index contributed by atoms with van der Waals surface area (Å²) in [5.41, 5.74) is 4.62. The molecule has 0 saturated heterocycles. The van der Waals surface area contributed by atoms with Crippen LogP contribution < -0.4 is 10.6 Å². The molecule has 0 aliphatic carbocycles. The number of benzene rings is 2. The Kier molecular flexibility index (Phi) is 4.79. The lowest BCUT2D eigenvalue weighted by atomic mass is 10.1. The molecule has 134 valence electrons. The summed E-state index contributed by atoms with van der Waals surface area (Å²) in [7, 11) is 0. The molecule has 2 aromatic carbocycles. The quantitative estimate of drug-likeness (QED) is 0.699. The van der Waals surface area contributed by atoms with Crippen LogP contribution in [0.15, 0.2) is 30.3 Å². The van der Waals surface area contributed by atoms with Gasteiger partial charge in [-0.05, 0) is 51.0 Å². The normalized spacial score (nSPS) is 10.7. The first-order valence-electron chi connectivity index (χ1n) is 8.11. The molecule has 0 bridgehead atoms. The van der Waals surface area contributed by atoms with Crippen molar-refractivity contribution < 1.29 is 8.78 Å². The summed E-state index contributed by atoms with van der Waals surface area (Å²) in [5.74, 6) is -0.735. The Morgan fingerprint density at radius 3 is 1.96 bits per heavy atom. The van der Waals surface area contributed by atoms with E-state index in [4.69, 9.17) is 0 Å². The number of aryl methyl sites for hydroxylation is 4. The average molecular weight is 355 g/mol. The van der Waals surface area contributed by atoms with Crippen molar-refractivity contribution in [3.63, 3.8) is 0 Å². The Morgan fingerprint density at radius 2 is 1.35 bits per heavy atom. The fourth-order valence-corrected chi connectivity index (χ4v) is 2.79. The van der Waals surface area contributed by atoms with Crippen LogP contribution in [0.3, 0.4) is 0 Å². The zero-order valence-corrected chi connectivity index (χ0v) is 15.0. The SMILES string of the molecule is Cc1cc(C)c(Nc2nc(C)nc(Nc3ccc(F)c(F)c3)n2)c(C)c1. The third-order valence-electron chi connectivity index (χ3n) is 3.84. The molecule has 5 nitrogen and oxygen atoms in total. The first-order chi connectivity index (χ1) is 12.3. The Hall–Kier alpha value is -3.09. The third kappa shape index (κ3) is 3.93. The Labute approximate surface area is 150 Å². The van der Waals surface area contributed by atoms with E-state index in [-0.39, 0.29) is 5.95 Å². The second-order valence-electron chi connectivity index (χ2n) is 6.18. The van der Waals surface area contributed by atoms with Crippen molar-refractivity contribution in [1.82, 2.24) is 15.0 Å². The predicted molar refractivity (Wildman–Crippen MR) is 98.1 cm³/mol. The van der Waals surface area contributed by atoms with E-state index in [0.717, 1.165) is 28.9 Å². The lowest BCUT2D eigenvalue weighted by molar-refractivity contribution is 0.509. The number of nitrogens with one attached hydrogen (secondary N) is 2. The van der Waals surface area contributed by atoms with Gasteiger partial charge in [0.15, 0.2) is 11.6 Å². The second kappa shape index (κ2) is 7.03. The van der Waals surface area contributed by atoms with Crippen LogP contribution in [0.5, 0.6) is 0 Å². The molecule has 7 heteroatoms. The highest BCUT2D eigenvalue weighted by Gasteiger charge is 2.10. The highest BCUT2D eigenvalue weighted by molar-refractivity contribution is 5.64. The summed E-state index contributed by atoms with van der Waals surface area (Å²) in [4.78, 5) is 12.8. The van der Waals surface area contributed by atoms with Gasteiger partial charge >= 0.3 is 0 Å². The van der Waals surface area contributed by atoms with Gasteiger partial charge in [-0.1, -0.05) is 17.7 Å². The van der Waals surface area contributed by atoms with Crippen LogP contribution in [0.2, 0.25) is 0 Å². The molecule has 0 aliphatic rings. The highest BCUT2D eigenvalue weighted by Crippen LogP contribution is 2.25. The average Bonchev–Trinajstić information content (AvgIpc) is 2.54. The van der Waals surface area contributed by atoms with Gasteiger partial charge < -0.3 is 10.6 Å². The van der Waals surface area contributed by atoms with E-state index in [1.165, 1.54) is 11.6 Å². The smallest absolute Gasteiger partial charge is 0.232 e. The molecule has 3 aromatic rings. The fourth-order valence-electron chi connectivity index (χ4n) is 2.79. The summed E-state index contributed by atoms with van der Waals surface area (Å²) in [6.07, 6.45) is 0. The van der Waals surface area contributed by atoms with Gasteiger partial charge in [-0.3, -0.25) is 0 Å². The maximum absolute atomic E-state index is 13.4. The molecule has 0 aliphatic heterocycles. The van der Waals surface area contributed by atoms with Crippen LogP contribution in [0, 0.1) is 39.3 Å². The standard InChI is InChI=1S/C19H19F2N5/c1-10-7-11(2)17(12(3)8-10)25-19-23-13(4)22-18(26-19)24-14-5-6-15(20)16(21)9-14/h5-9H,1-4H3,(H2,22,23,24,25,26). The molecular formula is C19H19F2N5. The van der Waals surface area contributed by atoms with Crippen LogP contribution in [-0.2, 0) is 0 Å². The third-order valence-corrected chi connectivity index (χ3v) is 3.84. The van der Waals surface area contributed by atoms with Gasteiger partial charge in [0, 0.05) is 17.4 Å². The van der Waals surface area contributed by atoms with Crippen molar-refractivity contribution >= 4 is 23.3 Å². The Bertz CT molecular complexity index is 949. The molecule has 0 atom stereocenters. The molecule has 3 rings (SSSR count). The minimum atomic E-state index is -0.940. The molecule has 0 spiro atoms. The lowest BCUT2D eigenvalue weighted by Gasteiger charge is -2.14. The molecule has 26 heavy (non-hydrogen) atoms. The van der Waals surface area contributed by atoms with E-state index in [1.54, 1.807) is 6.92 Å². The van der Waals surface area contributed by atoms with Gasteiger partial charge in [-0.25, -0.2) is 8.78 Å². The fraction of sp³-hybridized carbons (Fsp3) is 0.211. The zero-order chi connectivity index (χ0) is 18.8.